The summed E-state index contributed by atoms with van der Waals surface area (Å²) >= 11 is 1.79. The van der Waals surface area contributed by atoms with E-state index in [1.807, 2.05) is 37.3 Å². The van der Waals surface area contributed by atoms with Gasteiger partial charge < -0.3 is 14.6 Å². The Morgan fingerprint density at radius 3 is 2.39 bits per heavy atom. The van der Waals surface area contributed by atoms with Crippen LogP contribution < -0.4 is 9.47 Å². The molecule has 0 aliphatic heterocycles. The van der Waals surface area contributed by atoms with Gasteiger partial charge in [-0.05, 0) is 70.0 Å². The summed E-state index contributed by atoms with van der Waals surface area (Å²) in [6.45, 7) is 9.99. The molecule has 0 fully saturated rings. The second kappa shape index (κ2) is 9.87. The first-order valence-electron chi connectivity index (χ1n) is 9.56. The van der Waals surface area contributed by atoms with Gasteiger partial charge in [0.05, 0.1) is 6.61 Å². The second-order valence-corrected chi connectivity index (χ2v) is 8.65. The standard InChI is InChI=1S/C23H30O4S/c1-6-18(14-26-19-9-7-16(2)8-10-19)15-28-20-11-12-21(17(3)13-20)27-23(4,5)22(24)25/h7-13,18H,6,14-15H2,1-5H3,(H,24,25). The first-order valence-corrected chi connectivity index (χ1v) is 10.5. The van der Waals surface area contributed by atoms with Crippen LogP contribution in [0.1, 0.15) is 38.3 Å². The molecule has 0 spiro atoms. The lowest BCUT2D eigenvalue weighted by Gasteiger charge is -2.23. The number of benzene rings is 2. The molecule has 0 heterocycles. The fourth-order valence-electron chi connectivity index (χ4n) is 2.49. The molecular weight excluding hydrogens is 372 g/mol. The van der Waals surface area contributed by atoms with Crippen molar-refractivity contribution in [2.24, 2.45) is 5.92 Å². The summed E-state index contributed by atoms with van der Waals surface area (Å²) in [6.07, 6.45) is 1.05. The summed E-state index contributed by atoms with van der Waals surface area (Å²) in [5, 5.41) is 9.23. The van der Waals surface area contributed by atoms with Gasteiger partial charge in [0.25, 0.3) is 0 Å². The normalized spacial score (nSPS) is 12.5. The lowest BCUT2D eigenvalue weighted by molar-refractivity contribution is -0.152. The SMILES string of the molecule is CCC(COc1ccc(C)cc1)CSc1ccc(OC(C)(C)C(=O)O)c(C)c1. The Morgan fingerprint density at radius 1 is 1.14 bits per heavy atom. The maximum atomic E-state index is 11.3. The van der Waals surface area contributed by atoms with Crippen molar-refractivity contribution in [1.82, 2.24) is 0 Å². The minimum atomic E-state index is -1.25. The Bertz CT molecular complexity index is 784. The highest BCUT2D eigenvalue weighted by Crippen LogP contribution is 2.30. The predicted molar refractivity (Wildman–Crippen MR) is 115 cm³/mol. The van der Waals surface area contributed by atoms with E-state index in [0.717, 1.165) is 28.4 Å². The molecule has 152 valence electrons. The topological polar surface area (TPSA) is 55.8 Å². The van der Waals surface area contributed by atoms with E-state index in [9.17, 15) is 9.90 Å². The lowest BCUT2D eigenvalue weighted by atomic mass is 10.1. The molecule has 28 heavy (non-hydrogen) atoms. The van der Waals surface area contributed by atoms with Gasteiger partial charge >= 0.3 is 5.97 Å². The largest absolute Gasteiger partial charge is 0.493 e. The zero-order valence-corrected chi connectivity index (χ0v) is 18.1. The van der Waals surface area contributed by atoms with Gasteiger partial charge in [0.2, 0.25) is 0 Å². The fourth-order valence-corrected chi connectivity index (χ4v) is 3.68. The van der Waals surface area contributed by atoms with E-state index in [1.165, 1.54) is 5.56 Å². The molecule has 4 nitrogen and oxygen atoms in total. The van der Waals surface area contributed by atoms with E-state index in [1.54, 1.807) is 25.6 Å². The molecule has 2 aromatic rings. The van der Waals surface area contributed by atoms with Gasteiger partial charge in [0, 0.05) is 16.6 Å². The summed E-state index contributed by atoms with van der Waals surface area (Å²) in [5.74, 6) is 1.94. The highest BCUT2D eigenvalue weighted by molar-refractivity contribution is 7.99. The van der Waals surface area contributed by atoms with Crippen molar-refractivity contribution in [3.8, 4) is 11.5 Å². The van der Waals surface area contributed by atoms with Gasteiger partial charge in [0.15, 0.2) is 5.60 Å². The van der Waals surface area contributed by atoms with Crippen LogP contribution in [0.25, 0.3) is 0 Å². The second-order valence-electron chi connectivity index (χ2n) is 7.55. The monoisotopic (exact) mass is 402 g/mol. The van der Waals surface area contributed by atoms with Gasteiger partial charge in [-0.1, -0.05) is 24.6 Å². The number of ether oxygens (including phenoxy) is 2. The summed E-state index contributed by atoms with van der Waals surface area (Å²) in [4.78, 5) is 12.4. The molecule has 0 aliphatic rings. The van der Waals surface area contributed by atoms with E-state index in [0.29, 0.717) is 18.3 Å². The highest BCUT2D eigenvalue weighted by Gasteiger charge is 2.29. The third-order valence-corrected chi connectivity index (χ3v) is 5.82. The average molecular weight is 403 g/mol. The number of aliphatic carboxylic acids is 1. The van der Waals surface area contributed by atoms with Gasteiger partial charge in [-0.2, -0.15) is 0 Å². The number of hydrogen-bond donors (Lipinski definition) is 1. The molecule has 1 atom stereocenters. The van der Waals surface area contributed by atoms with Crippen LogP contribution in [-0.4, -0.2) is 29.0 Å². The number of carboxylic acid groups (broad SMARTS) is 1. The number of aryl methyl sites for hydroxylation is 2. The number of thioether (sulfide) groups is 1. The van der Waals surface area contributed by atoms with Gasteiger partial charge in [0.1, 0.15) is 11.5 Å². The van der Waals surface area contributed by atoms with Crippen LogP contribution in [0.5, 0.6) is 11.5 Å². The van der Waals surface area contributed by atoms with E-state index >= 15 is 0 Å². The van der Waals surface area contributed by atoms with E-state index in [2.05, 4.69) is 26.0 Å². The third kappa shape index (κ3) is 6.48. The van der Waals surface area contributed by atoms with Crippen molar-refractivity contribution < 1.29 is 19.4 Å². The number of hydrogen-bond acceptors (Lipinski definition) is 4. The molecule has 5 heteroatoms. The van der Waals surface area contributed by atoms with Crippen LogP contribution in [-0.2, 0) is 4.79 Å². The molecule has 0 aliphatic carbocycles. The molecule has 0 saturated heterocycles. The molecular formula is C23H30O4S. The summed E-state index contributed by atoms with van der Waals surface area (Å²) < 4.78 is 11.6. The maximum absolute atomic E-state index is 11.3. The summed E-state index contributed by atoms with van der Waals surface area (Å²) in [5.41, 5.74) is 0.910. The summed E-state index contributed by atoms with van der Waals surface area (Å²) in [7, 11) is 0. The highest BCUT2D eigenvalue weighted by atomic mass is 32.2. The maximum Gasteiger partial charge on any atom is 0.347 e. The Balaban J connectivity index is 1.90. The Labute approximate surface area is 172 Å². The molecule has 2 aromatic carbocycles. The Hall–Kier alpha value is -2.14. The van der Waals surface area contributed by atoms with Crippen LogP contribution in [0.3, 0.4) is 0 Å². The molecule has 0 saturated carbocycles. The van der Waals surface area contributed by atoms with Gasteiger partial charge in [-0.25, -0.2) is 4.79 Å². The molecule has 0 bridgehead atoms. The first-order chi connectivity index (χ1) is 13.2. The van der Waals surface area contributed by atoms with Crippen molar-refractivity contribution in [2.45, 2.75) is 51.5 Å². The minimum Gasteiger partial charge on any atom is -0.493 e. The number of carboxylic acids is 1. The van der Waals surface area contributed by atoms with Crippen molar-refractivity contribution in [2.75, 3.05) is 12.4 Å². The van der Waals surface area contributed by atoms with Crippen LogP contribution >= 0.6 is 11.8 Å². The van der Waals surface area contributed by atoms with Crippen LogP contribution in [0, 0.1) is 19.8 Å². The molecule has 1 unspecified atom stereocenters. The minimum absolute atomic E-state index is 0.452. The zero-order valence-electron chi connectivity index (χ0n) is 17.3. The van der Waals surface area contributed by atoms with Gasteiger partial charge in [-0.3, -0.25) is 0 Å². The molecule has 2 rings (SSSR count). The number of carbonyl (C=O) groups is 1. The van der Waals surface area contributed by atoms with Crippen LogP contribution in [0.4, 0.5) is 0 Å². The third-order valence-electron chi connectivity index (χ3n) is 4.60. The Morgan fingerprint density at radius 2 is 1.82 bits per heavy atom. The van der Waals surface area contributed by atoms with Crippen molar-refractivity contribution in [3.05, 3.63) is 53.6 Å². The van der Waals surface area contributed by atoms with Crippen LogP contribution in [0.15, 0.2) is 47.4 Å². The van der Waals surface area contributed by atoms with Crippen molar-refractivity contribution >= 4 is 17.7 Å². The molecule has 0 radical (unpaired) electrons. The molecule has 0 aromatic heterocycles. The van der Waals surface area contributed by atoms with E-state index in [-0.39, 0.29) is 0 Å². The van der Waals surface area contributed by atoms with E-state index < -0.39 is 11.6 Å². The average Bonchev–Trinajstić information content (AvgIpc) is 2.65. The fraction of sp³-hybridized carbons (Fsp3) is 0.435. The van der Waals surface area contributed by atoms with E-state index in [4.69, 9.17) is 9.47 Å². The lowest BCUT2D eigenvalue weighted by Crippen LogP contribution is -2.38. The van der Waals surface area contributed by atoms with Crippen LogP contribution in [0.2, 0.25) is 0 Å². The van der Waals surface area contributed by atoms with Gasteiger partial charge in [-0.15, -0.1) is 11.8 Å². The van der Waals surface area contributed by atoms with Crippen molar-refractivity contribution in [3.63, 3.8) is 0 Å². The first kappa shape index (κ1) is 22.2. The molecule has 0 amide bonds. The Kier molecular flexibility index (Phi) is 7.81. The molecule has 1 N–H and O–H groups in total. The van der Waals surface area contributed by atoms with Crippen molar-refractivity contribution in [1.29, 1.82) is 0 Å². The zero-order chi connectivity index (χ0) is 20.7. The quantitative estimate of drug-likeness (QED) is 0.513. The smallest absolute Gasteiger partial charge is 0.347 e. The number of rotatable bonds is 10. The summed E-state index contributed by atoms with van der Waals surface area (Å²) in [6, 6.07) is 14.0. The predicted octanol–water partition coefficient (Wildman–Crippen LogP) is 5.74.